The molecule has 0 radical (unpaired) electrons. The molecule has 2 unspecified atom stereocenters. The molecule has 1 aromatic rings. The normalized spacial score (nSPS) is 22.3. The van der Waals surface area contributed by atoms with Crippen LogP contribution >= 0.6 is 7.52 Å². The fourth-order valence-electron chi connectivity index (χ4n) is 4.38. The molecule has 2 aliphatic rings. The summed E-state index contributed by atoms with van der Waals surface area (Å²) in [6, 6.07) is 3.80. The number of nitrogens with one attached hydrogen (secondary N) is 2. The number of aliphatic hydroxyl groups is 1. The highest BCUT2D eigenvalue weighted by atomic mass is 32.2. The molecule has 0 aromatic heterocycles. The molecule has 0 saturated heterocycles. The number of nitrogens with zero attached hydrogens (tertiary/aromatic N) is 2. The lowest BCUT2D eigenvalue weighted by Crippen LogP contribution is -2.45. The van der Waals surface area contributed by atoms with E-state index in [4.69, 9.17) is 9.26 Å². The second-order valence-electron chi connectivity index (χ2n) is 11.9. The van der Waals surface area contributed by atoms with E-state index >= 15 is 0 Å². The summed E-state index contributed by atoms with van der Waals surface area (Å²) >= 11 is 0. The Labute approximate surface area is 225 Å². The van der Waals surface area contributed by atoms with Crippen molar-refractivity contribution in [1.29, 1.82) is 0 Å². The van der Waals surface area contributed by atoms with Crippen molar-refractivity contribution in [2.75, 3.05) is 43.2 Å². The van der Waals surface area contributed by atoms with Crippen molar-refractivity contribution in [3.63, 3.8) is 0 Å². The van der Waals surface area contributed by atoms with Gasteiger partial charge in [0.2, 0.25) is 10.0 Å². The zero-order chi connectivity index (χ0) is 28.7. The predicted octanol–water partition coefficient (Wildman–Crippen LogP) is 3.87. The molecule has 13 heteroatoms. The summed E-state index contributed by atoms with van der Waals surface area (Å²) in [6.45, 7) is 12.6. The number of amides is 1. The van der Waals surface area contributed by atoms with Gasteiger partial charge in [-0.3, -0.25) is 14.1 Å². The van der Waals surface area contributed by atoms with Gasteiger partial charge in [0.05, 0.1) is 36.5 Å². The lowest BCUT2D eigenvalue weighted by molar-refractivity contribution is -0.128. The maximum absolute atomic E-state index is 14.1. The molecule has 0 spiro atoms. The van der Waals surface area contributed by atoms with Crippen LogP contribution in [0.5, 0.6) is 0 Å². The minimum Gasteiger partial charge on any atom is -0.509 e. The van der Waals surface area contributed by atoms with Gasteiger partial charge in [-0.15, -0.1) is 0 Å². The second-order valence-corrected chi connectivity index (χ2v) is 15.6. The molecule has 2 aliphatic heterocycles. The Hall–Kier alpha value is -2.40. The minimum absolute atomic E-state index is 0.0385. The molecule has 212 valence electrons. The first-order valence-electron chi connectivity index (χ1n) is 12.3. The Morgan fingerprint density at radius 2 is 1.84 bits per heavy atom. The number of hydrogen-bond acceptors (Lipinski definition) is 8. The van der Waals surface area contributed by atoms with Gasteiger partial charge < -0.3 is 24.6 Å². The first kappa shape index (κ1) is 30.1. The highest BCUT2D eigenvalue weighted by Gasteiger charge is 2.48. The van der Waals surface area contributed by atoms with Gasteiger partial charge in [-0.05, 0) is 35.4 Å². The third-order valence-corrected chi connectivity index (χ3v) is 8.69. The van der Waals surface area contributed by atoms with E-state index in [1.165, 1.54) is 25.3 Å². The van der Waals surface area contributed by atoms with E-state index in [2.05, 4.69) is 35.6 Å². The lowest BCUT2D eigenvalue weighted by atomic mass is 9.84. The van der Waals surface area contributed by atoms with Crippen molar-refractivity contribution >= 4 is 46.0 Å². The zero-order valence-corrected chi connectivity index (χ0v) is 25.0. The summed E-state index contributed by atoms with van der Waals surface area (Å²) in [7, 11) is -6.14. The highest BCUT2D eigenvalue weighted by molar-refractivity contribution is 7.92. The third kappa shape index (κ3) is 6.77. The molecule has 0 saturated carbocycles. The minimum atomic E-state index is -4.01. The van der Waals surface area contributed by atoms with Crippen LogP contribution < -0.4 is 15.3 Å². The number of anilines is 2. The summed E-state index contributed by atoms with van der Waals surface area (Å²) in [5.41, 5.74) is -0.0789. The fourth-order valence-corrected chi connectivity index (χ4v) is 6.72. The zero-order valence-electron chi connectivity index (χ0n) is 23.3. The number of methoxy groups -OCH3 is 1. The maximum Gasteiger partial charge on any atom is 0.348 e. The van der Waals surface area contributed by atoms with Crippen molar-refractivity contribution in [2.24, 2.45) is 15.6 Å². The summed E-state index contributed by atoms with van der Waals surface area (Å²) in [5.74, 6) is -0.623. The summed E-state index contributed by atoms with van der Waals surface area (Å²) in [5, 5.41) is 14.5. The first-order chi connectivity index (χ1) is 17.4. The third-order valence-electron chi connectivity index (χ3n) is 6.11. The van der Waals surface area contributed by atoms with Crippen molar-refractivity contribution in [2.45, 2.75) is 54.0 Å². The molecule has 3 rings (SSSR count). The average molecular weight is 571 g/mol. The van der Waals surface area contributed by atoms with Crippen LogP contribution in [0.4, 0.5) is 11.4 Å². The van der Waals surface area contributed by atoms with Crippen molar-refractivity contribution < 1.29 is 32.1 Å². The molecule has 38 heavy (non-hydrogen) atoms. The Bertz CT molecular complexity index is 1310. The van der Waals surface area contributed by atoms with Crippen LogP contribution in [0.3, 0.4) is 0 Å². The number of ether oxygens (including phenoxy) is 1. The SMILES string of the molecule is COCCOP1(=O)N=C(C2=C(O)C(C(C)(C)C)N(CCC(C)(C)C)C2=O)Nc2ccc(NS(C)(=O)=O)cc21. The lowest BCUT2D eigenvalue weighted by Gasteiger charge is -2.36. The van der Waals surface area contributed by atoms with Gasteiger partial charge in [0, 0.05) is 19.3 Å². The number of rotatable bonds is 9. The van der Waals surface area contributed by atoms with Gasteiger partial charge in [-0.25, -0.2) is 8.42 Å². The predicted molar refractivity (Wildman–Crippen MR) is 150 cm³/mol. The van der Waals surface area contributed by atoms with Crippen LogP contribution in [0.25, 0.3) is 0 Å². The van der Waals surface area contributed by atoms with Gasteiger partial charge in [0.15, 0.2) is 5.84 Å². The molecule has 0 fully saturated rings. The summed E-state index contributed by atoms with van der Waals surface area (Å²) in [4.78, 5) is 15.4. The van der Waals surface area contributed by atoms with E-state index in [0.29, 0.717) is 18.7 Å². The molecule has 3 N–H and O–H groups in total. The Morgan fingerprint density at radius 3 is 2.39 bits per heavy atom. The van der Waals surface area contributed by atoms with Gasteiger partial charge >= 0.3 is 7.52 Å². The Morgan fingerprint density at radius 1 is 1.18 bits per heavy atom. The number of fused-ring (bicyclic) bond motifs is 1. The number of sulfonamides is 1. The summed E-state index contributed by atoms with van der Waals surface area (Å²) < 4.78 is 55.1. The molecular weight excluding hydrogens is 531 g/mol. The number of carbonyl (C=O) groups excluding carboxylic acids is 1. The fraction of sp³-hybridized carbons (Fsp3) is 0.600. The van der Waals surface area contributed by atoms with Crippen molar-refractivity contribution in [3.05, 3.63) is 29.5 Å². The van der Waals surface area contributed by atoms with Crippen LogP contribution in [0.1, 0.15) is 48.0 Å². The van der Waals surface area contributed by atoms with E-state index in [1.807, 2.05) is 20.8 Å². The molecule has 11 nitrogen and oxygen atoms in total. The van der Waals surface area contributed by atoms with Crippen molar-refractivity contribution in [3.8, 4) is 0 Å². The Balaban J connectivity index is 2.11. The van der Waals surface area contributed by atoms with Gasteiger partial charge in [-0.2, -0.15) is 4.76 Å². The van der Waals surface area contributed by atoms with E-state index in [-0.39, 0.29) is 46.8 Å². The Kier molecular flexibility index (Phi) is 8.44. The number of carbonyl (C=O) groups is 1. The van der Waals surface area contributed by atoms with E-state index in [1.54, 1.807) is 4.90 Å². The number of hydrogen-bond donors (Lipinski definition) is 3. The van der Waals surface area contributed by atoms with Crippen LogP contribution in [-0.4, -0.2) is 69.3 Å². The largest absolute Gasteiger partial charge is 0.509 e. The molecule has 0 bridgehead atoms. The van der Waals surface area contributed by atoms with Crippen LogP contribution in [0, 0.1) is 10.8 Å². The van der Waals surface area contributed by atoms with E-state index in [0.717, 1.165) is 6.26 Å². The average Bonchev–Trinajstić information content (AvgIpc) is 3.01. The number of aliphatic hydroxyl groups excluding tert-OH is 1. The molecule has 1 aromatic carbocycles. The standard InChI is InChI=1S/C25H39N4O7PS/c1-24(2,3)11-12-29-21(25(4,5)6)20(30)19(23(29)31)22-26-17-10-9-16(28-38(8,33)34)15-18(17)37(32,27-22)36-14-13-35-7/h9-10,15,21,28,30H,11-14H2,1-8H3,(H,26,27,32). The highest BCUT2D eigenvalue weighted by Crippen LogP contribution is 2.53. The smallest absolute Gasteiger partial charge is 0.348 e. The number of benzene rings is 1. The van der Waals surface area contributed by atoms with Crippen LogP contribution in [-0.2, 0) is 28.6 Å². The molecule has 2 atom stereocenters. The first-order valence-corrected chi connectivity index (χ1v) is 15.8. The van der Waals surface area contributed by atoms with E-state index < -0.39 is 34.9 Å². The number of amidine groups is 1. The summed E-state index contributed by atoms with van der Waals surface area (Å²) in [6.07, 6.45) is 1.72. The molecule has 2 heterocycles. The molecular formula is C25H39N4O7PS. The quantitative estimate of drug-likeness (QED) is 0.300. The van der Waals surface area contributed by atoms with Crippen LogP contribution in [0.15, 0.2) is 34.3 Å². The van der Waals surface area contributed by atoms with Gasteiger partial charge in [0.1, 0.15) is 11.3 Å². The van der Waals surface area contributed by atoms with Gasteiger partial charge in [0.25, 0.3) is 5.91 Å². The molecule has 0 aliphatic carbocycles. The van der Waals surface area contributed by atoms with E-state index in [9.17, 15) is 22.9 Å². The maximum atomic E-state index is 14.1. The van der Waals surface area contributed by atoms with Gasteiger partial charge in [-0.1, -0.05) is 41.5 Å². The van der Waals surface area contributed by atoms with Crippen LogP contribution in [0.2, 0.25) is 0 Å². The van der Waals surface area contributed by atoms with Crippen molar-refractivity contribution in [1.82, 2.24) is 4.90 Å². The second kappa shape index (κ2) is 10.6. The topological polar surface area (TPSA) is 147 Å². The molecule has 1 amide bonds. The monoisotopic (exact) mass is 570 g/mol.